The largest absolute Gasteiger partial charge is 0.496 e. The molecule has 1 aliphatic heterocycles. The van der Waals surface area contributed by atoms with E-state index in [2.05, 4.69) is 5.32 Å². The molecule has 1 heterocycles. The molecule has 1 aromatic carbocycles. The van der Waals surface area contributed by atoms with E-state index in [1.807, 2.05) is 0 Å². The van der Waals surface area contributed by atoms with E-state index < -0.39 is 15.9 Å². The first kappa shape index (κ1) is 18.2. The summed E-state index contributed by atoms with van der Waals surface area (Å²) in [6, 6.07) is 3.78. The van der Waals surface area contributed by atoms with Crippen molar-refractivity contribution in [3.8, 4) is 5.75 Å². The molecule has 1 unspecified atom stereocenters. The topological polar surface area (TPSA) is 119 Å². The summed E-state index contributed by atoms with van der Waals surface area (Å²) in [4.78, 5) is 25.5. The van der Waals surface area contributed by atoms with Crippen molar-refractivity contribution in [3.63, 3.8) is 0 Å². The second-order valence-corrected chi connectivity index (χ2v) is 7.19. The number of rotatable bonds is 5. The Balaban J connectivity index is 2.15. The van der Waals surface area contributed by atoms with Crippen molar-refractivity contribution < 1.29 is 22.7 Å². The van der Waals surface area contributed by atoms with Gasteiger partial charge in [-0.05, 0) is 31.0 Å². The quantitative estimate of drug-likeness (QED) is 0.775. The lowest BCUT2D eigenvalue weighted by atomic mass is 10.1. The molecule has 1 aromatic rings. The first-order valence-electron chi connectivity index (χ1n) is 7.50. The van der Waals surface area contributed by atoms with Gasteiger partial charge in [-0.1, -0.05) is 0 Å². The molecule has 3 N–H and O–H groups in total. The summed E-state index contributed by atoms with van der Waals surface area (Å²) < 4.78 is 28.0. The molecule has 132 valence electrons. The van der Waals surface area contributed by atoms with Crippen LogP contribution >= 0.6 is 0 Å². The molecular weight excluding hydrogens is 334 g/mol. The van der Waals surface area contributed by atoms with Gasteiger partial charge in [0.1, 0.15) is 5.75 Å². The number of nitrogens with zero attached hydrogens (tertiary/aromatic N) is 1. The molecule has 0 radical (unpaired) electrons. The number of carbonyl (C=O) groups is 2. The van der Waals surface area contributed by atoms with Crippen LogP contribution in [0.4, 0.5) is 0 Å². The molecule has 1 fully saturated rings. The van der Waals surface area contributed by atoms with E-state index in [-0.39, 0.29) is 28.2 Å². The van der Waals surface area contributed by atoms with Gasteiger partial charge in [-0.25, -0.2) is 13.6 Å². The zero-order valence-electron chi connectivity index (χ0n) is 13.6. The Kier molecular flexibility index (Phi) is 5.45. The number of amides is 2. The molecule has 9 heteroatoms. The number of methoxy groups -OCH3 is 1. The fourth-order valence-electron chi connectivity index (χ4n) is 2.81. The van der Waals surface area contributed by atoms with Crippen molar-refractivity contribution >= 4 is 21.8 Å². The number of hydrogen-bond donors (Lipinski definition) is 2. The lowest BCUT2D eigenvalue weighted by molar-refractivity contribution is -0.129. The van der Waals surface area contributed by atoms with Crippen molar-refractivity contribution in [2.45, 2.75) is 30.7 Å². The minimum absolute atomic E-state index is 0.0273. The zero-order chi connectivity index (χ0) is 17.9. The molecule has 8 nitrogen and oxygen atoms in total. The Labute approximate surface area is 141 Å². The van der Waals surface area contributed by atoms with Crippen molar-refractivity contribution in [1.82, 2.24) is 10.2 Å². The van der Waals surface area contributed by atoms with Crippen LogP contribution in [0.3, 0.4) is 0 Å². The number of nitrogens with one attached hydrogen (secondary N) is 1. The maximum absolute atomic E-state index is 12.4. The third-order valence-electron chi connectivity index (χ3n) is 4.02. The predicted octanol–water partition coefficient (Wildman–Crippen LogP) is 0.0833. The van der Waals surface area contributed by atoms with E-state index in [4.69, 9.17) is 9.88 Å². The van der Waals surface area contributed by atoms with E-state index in [0.717, 1.165) is 12.8 Å². The fourth-order valence-corrected chi connectivity index (χ4v) is 3.35. The second-order valence-electron chi connectivity index (χ2n) is 5.63. The summed E-state index contributed by atoms with van der Waals surface area (Å²) in [7, 11) is -2.54. The number of ether oxygens (including phenoxy) is 1. The van der Waals surface area contributed by atoms with Gasteiger partial charge in [0.15, 0.2) is 0 Å². The van der Waals surface area contributed by atoms with Crippen molar-refractivity contribution in [1.29, 1.82) is 0 Å². The molecule has 24 heavy (non-hydrogen) atoms. The average molecular weight is 355 g/mol. The van der Waals surface area contributed by atoms with E-state index in [1.54, 1.807) is 4.90 Å². The smallest absolute Gasteiger partial charge is 0.255 e. The molecule has 2 rings (SSSR count). The highest BCUT2D eigenvalue weighted by atomic mass is 32.2. The van der Waals surface area contributed by atoms with Crippen LogP contribution in [0.15, 0.2) is 23.1 Å². The number of benzene rings is 1. The van der Waals surface area contributed by atoms with Crippen molar-refractivity contribution in [2.24, 2.45) is 5.14 Å². The third kappa shape index (κ3) is 4.04. The summed E-state index contributed by atoms with van der Waals surface area (Å²) in [5.74, 6) is -0.261. The number of carbonyl (C=O) groups excluding carboxylic acids is 2. The number of primary sulfonamides is 1. The Morgan fingerprint density at radius 1 is 1.42 bits per heavy atom. The molecule has 1 saturated heterocycles. The summed E-state index contributed by atoms with van der Waals surface area (Å²) in [6.45, 7) is 2.47. The third-order valence-corrected chi connectivity index (χ3v) is 4.93. The van der Waals surface area contributed by atoms with E-state index in [0.29, 0.717) is 13.1 Å². The van der Waals surface area contributed by atoms with Gasteiger partial charge in [-0.15, -0.1) is 0 Å². The molecule has 0 aliphatic carbocycles. The predicted molar refractivity (Wildman–Crippen MR) is 87.1 cm³/mol. The van der Waals surface area contributed by atoms with Gasteiger partial charge in [0.05, 0.1) is 17.6 Å². The second kappa shape index (κ2) is 7.18. The van der Waals surface area contributed by atoms with Crippen LogP contribution in [0.25, 0.3) is 0 Å². The van der Waals surface area contributed by atoms with E-state index in [1.165, 1.54) is 32.2 Å². The molecule has 2 amide bonds. The van der Waals surface area contributed by atoms with Crippen LogP contribution in [0.2, 0.25) is 0 Å². The van der Waals surface area contributed by atoms with Gasteiger partial charge in [0.25, 0.3) is 5.91 Å². The van der Waals surface area contributed by atoms with E-state index in [9.17, 15) is 18.0 Å². The van der Waals surface area contributed by atoms with Crippen molar-refractivity contribution in [3.05, 3.63) is 23.8 Å². The maximum atomic E-state index is 12.4. The lowest BCUT2D eigenvalue weighted by Gasteiger charge is -2.23. The van der Waals surface area contributed by atoms with Crippen LogP contribution in [-0.4, -0.2) is 51.4 Å². The number of sulfonamides is 1. The number of hydrogen-bond acceptors (Lipinski definition) is 5. The molecule has 0 spiro atoms. The number of nitrogens with two attached hydrogens (primary N) is 1. The minimum atomic E-state index is -3.92. The van der Waals surface area contributed by atoms with E-state index >= 15 is 0 Å². The minimum Gasteiger partial charge on any atom is -0.496 e. The molecular formula is C15H21N3O5S. The summed E-state index contributed by atoms with van der Waals surface area (Å²) >= 11 is 0. The van der Waals surface area contributed by atoms with Crippen LogP contribution < -0.4 is 15.2 Å². The molecule has 0 bridgehead atoms. The summed E-state index contributed by atoms with van der Waals surface area (Å²) in [6.07, 6.45) is 1.71. The first-order valence-corrected chi connectivity index (χ1v) is 9.05. The highest BCUT2D eigenvalue weighted by Gasteiger charge is 2.27. The van der Waals surface area contributed by atoms with Gasteiger partial charge in [-0.3, -0.25) is 9.59 Å². The molecule has 0 saturated carbocycles. The Morgan fingerprint density at radius 3 is 2.71 bits per heavy atom. The Bertz CT molecular complexity index is 747. The normalized spacial score (nSPS) is 17.6. The fraction of sp³-hybridized carbons (Fsp3) is 0.467. The SMILES string of the molecule is COc1ccc(S(N)(=O)=O)cc1C(=O)NCC1CCCN1C(C)=O. The van der Waals surface area contributed by atoms with Gasteiger partial charge in [-0.2, -0.15) is 0 Å². The summed E-state index contributed by atoms with van der Waals surface area (Å²) in [5, 5.41) is 7.83. The van der Waals surface area contributed by atoms with Gasteiger partial charge >= 0.3 is 0 Å². The molecule has 0 aromatic heterocycles. The standard InChI is InChI=1S/C15H21N3O5S/c1-10(19)18-7-3-4-11(18)9-17-15(20)13-8-12(24(16,21)22)5-6-14(13)23-2/h5-6,8,11H,3-4,7,9H2,1-2H3,(H,17,20)(H2,16,21,22). The van der Waals surface area contributed by atoms with Crippen LogP contribution in [-0.2, 0) is 14.8 Å². The Hall–Kier alpha value is -2.13. The van der Waals surface area contributed by atoms with Crippen molar-refractivity contribution in [2.75, 3.05) is 20.2 Å². The van der Waals surface area contributed by atoms with Crippen LogP contribution in [0, 0.1) is 0 Å². The average Bonchev–Trinajstić information content (AvgIpc) is 2.99. The van der Waals surface area contributed by atoms with Crippen LogP contribution in [0.5, 0.6) is 5.75 Å². The molecule has 1 atom stereocenters. The van der Waals surface area contributed by atoms with Gasteiger partial charge < -0.3 is 15.0 Å². The molecule has 1 aliphatic rings. The maximum Gasteiger partial charge on any atom is 0.255 e. The summed E-state index contributed by atoms with van der Waals surface area (Å²) in [5.41, 5.74) is 0.0800. The highest BCUT2D eigenvalue weighted by Crippen LogP contribution is 2.22. The van der Waals surface area contributed by atoms with Gasteiger partial charge in [0.2, 0.25) is 15.9 Å². The van der Waals surface area contributed by atoms with Crippen LogP contribution in [0.1, 0.15) is 30.1 Å². The zero-order valence-corrected chi connectivity index (χ0v) is 14.4. The Morgan fingerprint density at radius 2 is 2.12 bits per heavy atom. The highest BCUT2D eigenvalue weighted by molar-refractivity contribution is 7.89. The lowest BCUT2D eigenvalue weighted by Crippen LogP contribution is -2.42. The first-order chi connectivity index (χ1) is 11.2. The van der Waals surface area contributed by atoms with Gasteiger partial charge in [0, 0.05) is 26.1 Å². The monoisotopic (exact) mass is 355 g/mol. The number of likely N-dealkylation sites (tertiary alicyclic amines) is 1.